The third-order valence-corrected chi connectivity index (χ3v) is 12.0. The molecule has 2 aromatic carbocycles. The minimum Gasteiger partial charge on any atom is -0.493 e. The van der Waals surface area contributed by atoms with Crippen molar-refractivity contribution >= 4 is 44.2 Å². The zero-order valence-corrected chi connectivity index (χ0v) is 31.6. The van der Waals surface area contributed by atoms with Crippen LogP contribution < -0.4 is 34.1 Å². The summed E-state index contributed by atoms with van der Waals surface area (Å²) in [5.74, 6) is 2.55. The number of nitrogens with zero attached hydrogens (tertiary/aromatic N) is 5. The number of carbonyl (C=O) groups excluding carboxylic acids is 2. The Balaban J connectivity index is 1.31. The van der Waals surface area contributed by atoms with Crippen LogP contribution in [0.2, 0.25) is 0 Å². The summed E-state index contributed by atoms with van der Waals surface area (Å²) >= 11 is 0. The number of sulfonamides is 1. The van der Waals surface area contributed by atoms with E-state index in [9.17, 15) is 18.0 Å². The lowest BCUT2D eigenvalue weighted by Crippen LogP contribution is -2.45. The second-order valence-electron chi connectivity index (χ2n) is 13.5. The van der Waals surface area contributed by atoms with Crippen LogP contribution in [0.15, 0.2) is 35.2 Å². The molecule has 3 aliphatic rings. The van der Waals surface area contributed by atoms with Gasteiger partial charge in [-0.3, -0.25) is 14.5 Å². The number of hydrogen-bond donors (Lipinski definition) is 1. The molecule has 0 saturated carbocycles. The molecule has 0 radical (unpaired) electrons. The van der Waals surface area contributed by atoms with Gasteiger partial charge in [-0.2, -0.15) is 4.31 Å². The number of aromatic nitrogens is 1. The summed E-state index contributed by atoms with van der Waals surface area (Å²) < 4.78 is 52.5. The van der Waals surface area contributed by atoms with Crippen LogP contribution in [0, 0.1) is 5.92 Å². The van der Waals surface area contributed by atoms with Crippen LogP contribution in [-0.2, 0) is 26.2 Å². The fourth-order valence-corrected chi connectivity index (χ4v) is 8.90. The average molecular weight is 739 g/mol. The first-order valence-corrected chi connectivity index (χ1v) is 19.4. The van der Waals surface area contributed by atoms with E-state index >= 15 is 0 Å². The van der Waals surface area contributed by atoms with Crippen LogP contribution >= 0.6 is 0 Å². The van der Waals surface area contributed by atoms with Gasteiger partial charge in [0.25, 0.3) is 0 Å². The summed E-state index contributed by atoms with van der Waals surface area (Å²) in [7, 11) is 0.703. The number of carbonyl (C=O) groups is 2. The molecule has 1 fully saturated rings. The molecule has 3 aromatic rings. The third-order valence-electron chi connectivity index (χ3n) is 10.2. The van der Waals surface area contributed by atoms with E-state index in [0.717, 1.165) is 48.2 Å². The predicted molar refractivity (Wildman–Crippen MR) is 198 cm³/mol. The zero-order valence-electron chi connectivity index (χ0n) is 30.8. The second-order valence-corrected chi connectivity index (χ2v) is 15.4. The number of rotatable bonds is 6. The summed E-state index contributed by atoms with van der Waals surface area (Å²) in [6.07, 6.45) is 3.09. The molecule has 6 rings (SSSR count). The SMILES string of the molecule is CCN1CCCCN(S(=O)(=O)c2ccc3c(c2)N(C(C)=O)CCO3)CC(=O)NCC2CCCN(C2)c2nc3cc(OC)c(OC)c(OC)c3cc2C1. The number of fused-ring (bicyclic) bond motifs is 6. The van der Waals surface area contributed by atoms with Gasteiger partial charge in [-0.15, -0.1) is 0 Å². The van der Waals surface area contributed by atoms with Crippen molar-refractivity contribution in [3.05, 3.63) is 35.9 Å². The molecule has 1 aromatic heterocycles. The average Bonchev–Trinajstić information content (AvgIpc) is 3.15. The molecular weight excluding hydrogens is 689 g/mol. The van der Waals surface area contributed by atoms with Gasteiger partial charge in [0.05, 0.1) is 50.5 Å². The Morgan fingerprint density at radius 3 is 2.50 bits per heavy atom. The maximum Gasteiger partial charge on any atom is 0.243 e. The Bertz CT molecular complexity index is 1910. The lowest BCUT2D eigenvalue weighted by atomic mass is 9.97. The molecule has 1 unspecified atom stereocenters. The molecule has 0 spiro atoms. The normalized spacial score (nSPS) is 19.6. The number of nitrogens with one attached hydrogen (secondary N) is 1. The highest BCUT2D eigenvalue weighted by Crippen LogP contribution is 2.44. The Kier molecular flexibility index (Phi) is 11.6. The summed E-state index contributed by atoms with van der Waals surface area (Å²) in [6, 6.07) is 8.57. The van der Waals surface area contributed by atoms with Crippen molar-refractivity contribution in [1.82, 2.24) is 19.5 Å². The fraction of sp³-hybridized carbons (Fsp3) is 0.541. The maximum atomic E-state index is 14.2. The summed E-state index contributed by atoms with van der Waals surface area (Å²) in [5, 5.41) is 3.86. The van der Waals surface area contributed by atoms with Gasteiger partial charge >= 0.3 is 0 Å². The highest BCUT2D eigenvalue weighted by molar-refractivity contribution is 7.89. The van der Waals surface area contributed by atoms with Gasteiger partial charge < -0.3 is 34.1 Å². The quantitative estimate of drug-likeness (QED) is 0.396. The monoisotopic (exact) mass is 738 g/mol. The van der Waals surface area contributed by atoms with Crippen LogP contribution in [-0.4, -0.2) is 115 Å². The standard InChI is InChI=1S/C37H50N6O8S/c1-6-40-13-7-8-15-42(52(46,47)28-11-12-32-31(19-28)43(25(2)44)16-17-51-32)24-34(45)38-21-26-10-9-14-41(22-26)37-27(23-40)18-29-30(39-37)20-33(48-3)36(50-5)35(29)49-4/h11-12,18-20,26H,6-10,13-17,21-24H2,1-5H3,(H,38,45). The van der Waals surface area contributed by atoms with Crippen LogP contribution in [0.5, 0.6) is 23.0 Å². The Morgan fingerprint density at radius 1 is 0.981 bits per heavy atom. The highest BCUT2D eigenvalue weighted by Gasteiger charge is 2.31. The van der Waals surface area contributed by atoms with Crippen molar-refractivity contribution in [1.29, 1.82) is 0 Å². The molecular formula is C37H50N6O8S. The lowest BCUT2D eigenvalue weighted by Gasteiger charge is -2.36. The molecule has 15 heteroatoms. The van der Waals surface area contributed by atoms with Gasteiger partial charge in [0, 0.05) is 56.7 Å². The number of hydrogen-bond acceptors (Lipinski definition) is 11. The van der Waals surface area contributed by atoms with Gasteiger partial charge in [-0.05, 0) is 69.0 Å². The molecule has 1 saturated heterocycles. The maximum absolute atomic E-state index is 14.2. The van der Waals surface area contributed by atoms with E-state index < -0.39 is 10.0 Å². The number of pyridine rings is 1. The van der Waals surface area contributed by atoms with Crippen LogP contribution in [0.25, 0.3) is 10.9 Å². The Hall–Kier alpha value is -4.34. The first kappa shape index (κ1) is 37.4. The molecule has 2 bridgehead atoms. The number of benzene rings is 2. The molecule has 282 valence electrons. The summed E-state index contributed by atoms with van der Waals surface area (Å²) in [4.78, 5) is 37.2. The molecule has 2 amide bonds. The van der Waals surface area contributed by atoms with Crippen LogP contribution in [0.4, 0.5) is 11.5 Å². The first-order chi connectivity index (χ1) is 25.1. The Labute approximate surface area is 306 Å². The molecule has 1 N–H and O–H groups in total. The van der Waals surface area contributed by atoms with Crippen molar-refractivity contribution in [3.63, 3.8) is 0 Å². The zero-order chi connectivity index (χ0) is 37.0. The number of amides is 2. The largest absolute Gasteiger partial charge is 0.493 e. The van der Waals surface area contributed by atoms with E-state index in [2.05, 4.69) is 28.1 Å². The first-order valence-electron chi connectivity index (χ1n) is 18.0. The molecule has 14 nitrogen and oxygen atoms in total. The highest BCUT2D eigenvalue weighted by atomic mass is 32.2. The summed E-state index contributed by atoms with van der Waals surface area (Å²) in [6.45, 7) is 8.13. The lowest BCUT2D eigenvalue weighted by molar-refractivity contribution is -0.121. The topological polar surface area (TPSA) is 143 Å². The number of methoxy groups -OCH3 is 3. The van der Waals surface area contributed by atoms with E-state index in [1.54, 1.807) is 27.4 Å². The molecule has 1 atom stereocenters. The fourth-order valence-electron chi connectivity index (χ4n) is 7.44. The van der Waals surface area contributed by atoms with Crippen molar-refractivity contribution < 1.29 is 37.0 Å². The van der Waals surface area contributed by atoms with Crippen LogP contribution in [0.1, 0.15) is 45.1 Å². The molecule has 3 aliphatic heterocycles. The van der Waals surface area contributed by atoms with Gasteiger partial charge in [0.2, 0.25) is 27.6 Å². The van der Waals surface area contributed by atoms with Gasteiger partial charge in [-0.1, -0.05) is 6.92 Å². The summed E-state index contributed by atoms with van der Waals surface area (Å²) in [5.41, 5.74) is 2.21. The van der Waals surface area contributed by atoms with Crippen molar-refractivity contribution in [2.45, 2.75) is 51.0 Å². The number of piperidine rings is 1. The predicted octanol–water partition coefficient (Wildman–Crippen LogP) is 3.65. The molecule has 52 heavy (non-hydrogen) atoms. The number of ether oxygens (including phenoxy) is 4. The van der Waals surface area contributed by atoms with Crippen LogP contribution in [0.3, 0.4) is 0 Å². The molecule has 4 heterocycles. The van der Waals surface area contributed by atoms with Gasteiger partial charge in [0.1, 0.15) is 18.2 Å². The van der Waals surface area contributed by atoms with E-state index in [0.29, 0.717) is 80.9 Å². The van der Waals surface area contributed by atoms with Gasteiger partial charge in [-0.25, -0.2) is 13.4 Å². The Morgan fingerprint density at radius 2 is 1.77 bits per heavy atom. The molecule has 0 aliphatic carbocycles. The smallest absolute Gasteiger partial charge is 0.243 e. The van der Waals surface area contributed by atoms with E-state index in [-0.39, 0.29) is 35.7 Å². The van der Waals surface area contributed by atoms with Crippen molar-refractivity contribution in [3.8, 4) is 23.0 Å². The van der Waals surface area contributed by atoms with Gasteiger partial charge in [0.15, 0.2) is 11.5 Å². The number of anilines is 2. The minimum absolute atomic E-state index is 0.0179. The van der Waals surface area contributed by atoms with E-state index in [1.165, 1.54) is 28.3 Å². The third kappa shape index (κ3) is 7.71. The second kappa shape index (κ2) is 16.1. The van der Waals surface area contributed by atoms with E-state index in [1.807, 2.05) is 6.07 Å². The van der Waals surface area contributed by atoms with E-state index in [4.69, 9.17) is 23.9 Å². The minimum atomic E-state index is -4.09. The van der Waals surface area contributed by atoms with Crippen molar-refractivity contribution in [2.24, 2.45) is 5.92 Å². The van der Waals surface area contributed by atoms with Crippen molar-refractivity contribution in [2.75, 3.05) is 90.1 Å².